The Hall–Kier alpha value is -3.89. The van der Waals surface area contributed by atoms with Gasteiger partial charge < -0.3 is 4.98 Å². The van der Waals surface area contributed by atoms with Gasteiger partial charge in [-0.2, -0.15) is 0 Å². The fraction of sp³-hybridized carbons (Fsp3) is 0.0476. The number of imidazole rings is 1. The lowest BCUT2D eigenvalue weighted by Gasteiger charge is -2.03. The third-order valence-corrected chi connectivity index (χ3v) is 4.27. The number of hydrogen-bond acceptors (Lipinski definition) is 3. The smallest absolute Gasteiger partial charge is 0.138 e. The number of nitrogens with zero attached hydrogens (tertiary/aromatic N) is 5. The zero-order valence-electron chi connectivity index (χ0n) is 14.7. The molecule has 0 spiro atoms. The molecule has 4 rings (SSSR count). The number of nitrogens with one attached hydrogen (secondary N) is 1. The van der Waals surface area contributed by atoms with Crippen LogP contribution in [0.4, 0.5) is 5.69 Å². The lowest BCUT2D eigenvalue weighted by molar-refractivity contribution is 1.29. The van der Waals surface area contributed by atoms with Gasteiger partial charge in [0.2, 0.25) is 0 Å². The molecule has 0 aliphatic heterocycles. The van der Waals surface area contributed by atoms with E-state index in [9.17, 15) is 0 Å². The van der Waals surface area contributed by atoms with E-state index in [0.717, 1.165) is 33.9 Å². The maximum absolute atomic E-state index is 8.55. The van der Waals surface area contributed by atoms with Crippen LogP contribution in [0.3, 0.4) is 0 Å². The second-order valence-electron chi connectivity index (χ2n) is 6.15. The van der Waals surface area contributed by atoms with Crippen LogP contribution in [0.5, 0.6) is 0 Å². The van der Waals surface area contributed by atoms with E-state index in [1.807, 2.05) is 30.3 Å². The Morgan fingerprint density at radius 2 is 1.70 bits per heavy atom. The van der Waals surface area contributed by atoms with E-state index in [0.29, 0.717) is 5.69 Å². The van der Waals surface area contributed by atoms with Gasteiger partial charge in [-0.15, -0.1) is 0 Å². The summed E-state index contributed by atoms with van der Waals surface area (Å²) in [7, 11) is 0. The van der Waals surface area contributed by atoms with Crippen molar-refractivity contribution < 1.29 is 0 Å². The number of pyridine rings is 1. The molecule has 0 unspecified atom stereocenters. The van der Waals surface area contributed by atoms with Gasteiger partial charge in [-0.05, 0) is 30.7 Å². The van der Waals surface area contributed by atoms with Crippen molar-refractivity contribution in [1.82, 2.24) is 15.0 Å². The summed E-state index contributed by atoms with van der Waals surface area (Å²) in [6, 6.07) is 19.5. The molecule has 2 aromatic heterocycles. The van der Waals surface area contributed by atoms with Crippen molar-refractivity contribution in [2.75, 3.05) is 0 Å². The molecule has 0 atom stereocenters. The molecule has 0 saturated heterocycles. The monoisotopic (exact) mass is 352 g/mol. The molecule has 0 amide bonds. The lowest BCUT2D eigenvalue weighted by Crippen LogP contribution is -1.85. The molecule has 0 bridgehead atoms. The molecule has 0 aliphatic rings. The number of aromatic nitrogens is 3. The molecular weight excluding hydrogens is 336 g/mol. The van der Waals surface area contributed by atoms with Crippen LogP contribution in [0.1, 0.15) is 5.56 Å². The quantitative estimate of drug-likeness (QED) is 0.275. The highest BCUT2D eigenvalue weighted by atomic mass is 15.1. The molecule has 1 N–H and O–H groups in total. The topological polar surface area (TPSA) is 90.3 Å². The zero-order valence-corrected chi connectivity index (χ0v) is 14.7. The Labute approximate surface area is 156 Å². The summed E-state index contributed by atoms with van der Waals surface area (Å²) in [6.07, 6.45) is 3.54. The predicted molar refractivity (Wildman–Crippen MR) is 106 cm³/mol. The van der Waals surface area contributed by atoms with E-state index < -0.39 is 0 Å². The highest BCUT2D eigenvalue weighted by molar-refractivity contribution is 5.81. The molecule has 0 radical (unpaired) electrons. The minimum Gasteiger partial charge on any atom is -0.337 e. The molecule has 2 aromatic carbocycles. The number of benzene rings is 2. The van der Waals surface area contributed by atoms with E-state index in [-0.39, 0.29) is 0 Å². The number of aromatic amines is 1. The van der Waals surface area contributed by atoms with Crippen LogP contribution in [0.2, 0.25) is 0 Å². The normalized spacial score (nSPS) is 10.4. The standard InChI is InChI=1S/C21H16N6/c1-14-3-2-4-17(13-14)20-19(15-9-11-23-12-10-15)24-21(25-20)16-5-7-18(8-6-16)26-27-22/h2-13H,1H3,(H,24,25). The molecule has 0 fully saturated rings. The van der Waals surface area contributed by atoms with Gasteiger partial charge >= 0.3 is 0 Å². The first-order chi connectivity index (χ1) is 13.2. The predicted octanol–water partition coefficient (Wildman–Crippen LogP) is 6.06. The van der Waals surface area contributed by atoms with Crippen LogP contribution in [0.25, 0.3) is 44.3 Å². The number of aryl methyl sites for hydroxylation is 1. The van der Waals surface area contributed by atoms with Gasteiger partial charge in [0.15, 0.2) is 0 Å². The molecule has 6 nitrogen and oxygen atoms in total. The summed E-state index contributed by atoms with van der Waals surface area (Å²) in [5, 5.41) is 3.61. The second-order valence-corrected chi connectivity index (χ2v) is 6.15. The minimum atomic E-state index is 0.570. The van der Waals surface area contributed by atoms with Crippen LogP contribution in [-0.4, -0.2) is 15.0 Å². The molecule has 0 saturated carbocycles. The number of azide groups is 1. The third-order valence-electron chi connectivity index (χ3n) is 4.27. The largest absolute Gasteiger partial charge is 0.337 e. The first kappa shape index (κ1) is 16.6. The molecule has 4 aromatic rings. The third kappa shape index (κ3) is 3.42. The SMILES string of the molecule is Cc1cccc(-c2nc(-c3ccc(N=[N+]=[N-])cc3)[nH]c2-c2ccncc2)c1. The van der Waals surface area contributed by atoms with Crippen molar-refractivity contribution in [3.05, 3.63) is 89.1 Å². The van der Waals surface area contributed by atoms with Gasteiger partial charge in [-0.25, -0.2) is 4.98 Å². The Morgan fingerprint density at radius 3 is 2.41 bits per heavy atom. The van der Waals surface area contributed by atoms with Crippen LogP contribution in [-0.2, 0) is 0 Å². The minimum absolute atomic E-state index is 0.570. The van der Waals surface area contributed by atoms with Gasteiger partial charge in [0.1, 0.15) is 5.82 Å². The molecule has 27 heavy (non-hydrogen) atoms. The van der Waals surface area contributed by atoms with Gasteiger partial charge in [-0.3, -0.25) is 4.98 Å². The molecule has 130 valence electrons. The molecule has 2 heterocycles. The highest BCUT2D eigenvalue weighted by Gasteiger charge is 2.15. The Balaban J connectivity index is 1.86. The summed E-state index contributed by atoms with van der Waals surface area (Å²) < 4.78 is 0. The van der Waals surface area contributed by atoms with Crippen LogP contribution < -0.4 is 0 Å². The molecular formula is C21H16N6. The summed E-state index contributed by atoms with van der Waals surface area (Å²) in [5.74, 6) is 0.755. The van der Waals surface area contributed by atoms with Crippen LogP contribution >= 0.6 is 0 Å². The summed E-state index contributed by atoms with van der Waals surface area (Å²) >= 11 is 0. The Bertz CT molecular complexity index is 1120. The fourth-order valence-corrected chi connectivity index (χ4v) is 2.98. The van der Waals surface area contributed by atoms with Crippen molar-refractivity contribution >= 4 is 5.69 Å². The first-order valence-corrected chi connectivity index (χ1v) is 8.47. The van der Waals surface area contributed by atoms with Gasteiger partial charge in [0.05, 0.1) is 11.4 Å². The van der Waals surface area contributed by atoms with Gasteiger partial charge in [0.25, 0.3) is 0 Å². The number of hydrogen-bond donors (Lipinski definition) is 1. The molecule has 0 aliphatic carbocycles. The van der Waals surface area contributed by atoms with Gasteiger partial charge in [0, 0.05) is 39.7 Å². The number of H-pyrrole nitrogens is 1. The zero-order chi connectivity index (χ0) is 18.6. The summed E-state index contributed by atoms with van der Waals surface area (Å²) in [5.41, 5.74) is 15.1. The van der Waals surface area contributed by atoms with E-state index in [1.54, 1.807) is 24.5 Å². The summed E-state index contributed by atoms with van der Waals surface area (Å²) in [4.78, 5) is 15.2. The van der Waals surface area contributed by atoms with E-state index >= 15 is 0 Å². The average Bonchev–Trinajstić information content (AvgIpc) is 3.15. The lowest BCUT2D eigenvalue weighted by atomic mass is 10.0. The first-order valence-electron chi connectivity index (χ1n) is 8.47. The average molecular weight is 352 g/mol. The Kier molecular flexibility index (Phi) is 4.39. The van der Waals surface area contributed by atoms with Crippen LogP contribution in [0, 0.1) is 6.92 Å². The van der Waals surface area contributed by atoms with Crippen LogP contribution in [0.15, 0.2) is 78.2 Å². The maximum atomic E-state index is 8.55. The fourth-order valence-electron chi connectivity index (χ4n) is 2.98. The van der Waals surface area contributed by atoms with E-state index in [4.69, 9.17) is 10.5 Å². The van der Waals surface area contributed by atoms with Crippen molar-refractivity contribution in [1.29, 1.82) is 0 Å². The molecule has 6 heteroatoms. The number of rotatable bonds is 4. The van der Waals surface area contributed by atoms with Crippen molar-refractivity contribution in [3.63, 3.8) is 0 Å². The second kappa shape index (κ2) is 7.15. The van der Waals surface area contributed by atoms with Gasteiger partial charge in [-0.1, -0.05) is 53.1 Å². The van der Waals surface area contributed by atoms with E-state index in [1.165, 1.54) is 5.56 Å². The summed E-state index contributed by atoms with van der Waals surface area (Å²) in [6.45, 7) is 2.07. The van der Waals surface area contributed by atoms with Crippen molar-refractivity contribution in [2.45, 2.75) is 6.92 Å². The van der Waals surface area contributed by atoms with Crippen molar-refractivity contribution in [3.8, 4) is 33.9 Å². The Morgan fingerprint density at radius 1 is 0.926 bits per heavy atom. The van der Waals surface area contributed by atoms with Crippen molar-refractivity contribution in [2.24, 2.45) is 5.11 Å². The maximum Gasteiger partial charge on any atom is 0.138 e. The van der Waals surface area contributed by atoms with E-state index in [2.05, 4.69) is 45.1 Å². The highest BCUT2D eigenvalue weighted by Crippen LogP contribution is 2.33.